The molecule has 19 heavy (non-hydrogen) atoms. The minimum absolute atomic E-state index is 0. The van der Waals surface area contributed by atoms with Gasteiger partial charge in [0.25, 0.3) is 0 Å². The first-order chi connectivity index (χ1) is 7.59. The molecule has 2 unspecified atom stereocenters. The van der Waals surface area contributed by atoms with E-state index >= 15 is 0 Å². The van der Waals surface area contributed by atoms with E-state index in [1.807, 2.05) is 0 Å². The summed E-state index contributed by atoms with van der Waals surface area (Å²) in [5.74, 6) is 0. The van der Waals surface area contributed by atoms with E-state index in [0.717, 1.165) is 0 Å². The SMILES string of the molecule is CCCC(CCCC(C)S(=O)(=O)[O-])S(=O)(=O)[O-].[Na+].[Na+]. The number of rotatable bonds is 8. The van der Waals surface area contributed by atoms with Gasteiger partial charge in [-0.1, -0.05) is 19.8 Å². The van der Waals surface area contributed by atoms with Crippen LogP contribution in [-0.2, 0) is 20.2 Å². The van der Waals surface area contributed by atoms with Gasteiger partial charge in [0, 0.05) is 10.5 Å². The first kappa shape index (κ1) is 25.8. The molecule has 0 aliphatic rings. The zero-order valence-corrected chi connectivity index (χ0v) is 17.6. The van der Waals surface area contributed by atoms with Gasteiger partial charge in [0.2, 0.25) is 0 Å². The fraction of sp³-hybridized carbons (Fsp3) is 1.00. The minimum atomic E-state index is -4.34. The van der Waals surface area contributed by atoms with Gasteiger partial charge < -0.3 is 9.11 Å². The Morgan fingerprint density at radius 3 is 1.68 bits per heavy atom. The minimum Gasteiger partial charge on any atom is -0.748 e. The third-order valence-electron chi connectivity index (χ3n) is 2.65. The second-order valence-electron chi connectivity index (χ2n) is 4.14. The van der Waals surface area contributed by atoms with Crippen LogP contribution in [-0.4, -0.2) is 36.4 Å². The average Bonchev–Trinajstić information content (AvgIpc) is 2.13. The van der Waals surface area contributed by atoms with Gasteiger partial charge in [-0.05, 0) is 26.2 Å². The van der Waals surface area contributed by atoms with Crippen LogP contribution in [0.4, 0.5) is 0 Å². The van der Waals surface area contributed by atoms with Gasteiger partial charge in [0.05, 0.1) is 20.2 Å². The smallest absolute Gasteiger partial charge is 0.748 e. The second-order valence-corrected chi connectivity index (χ2v) is 7.58. The van der Waals surface area contributed by atoms with Crippen molar-refractivity contribution in [3.63, 3.8) is 0 Å². The standard InChI is InChI=1S/C9H20O6S2.2Na/c1-3-5-9(17(13,14)15)7-4-6-8(2)16(10,11)12;;/h8-9H,3-7H2,1-2H3,(H,10,11,12)(H,13,14,15);;/q;2*+1/p-2. The first-order valence-electron chi connectivity index (χ1n) is 5.48. The predicted molar refractivity (Wildman–Crippen MR) is 61.4 cm³/mol. The Morgan fingerprint density at radius 1 is 0.895 bits per heavy atom. The van der Waals surface area contributed by atoms with E-state index < -0.39 is 30.7 Å². The van der Waals surface area contributed by atoms with Crippen molar-refractivity contribution >= 4 is 20.2 Å². The zero-order valence-electron chi connectivity index (χ0n) is 12.0. The van der Waals surface area contributed by atoms with Crippen molar-refractivity contribution in [2.45, 2.75) is 56.5 Å². The van der Waals surface area contributed by atoms with Crippen LogP contribution < -0.4 is 59.1 Å². The van der Waals surface area contributed by atoms with E-state index in [1.165, 1.54) is 6.92 Å². The second kappa shape index (κ2) is 11.4. The number of hydrogen-bond acceptors (Lipinski definition) is 6. The summed E-state index contributed by atoms with van der Waals surface area (Å²) in [6.07, 6.45) is 1.28. The quantitative estimate of drug-likeness (QED) is 0.324. The molecule has 10 heteroatoms. The third-order valence-corrected chi connectivity index (χ3v) is 5.16. The van der Waals surface area contributed by atoms with Crippen molar-refractivity contribution in [3.8, 4) is 0 Å². The maximum absolute atomic E-state index is 10.9. The third kappa shape index (κ3) is 12.1. The maximum atomic E-state index is 10.9. The Morgan fingerprint density at radius 2 is 1.37 bits per heavy atom. The Labute approximate surface area is 160 Å². The normalized spacial score (nSPS) is 14.9. The Bertz CT molecular complexity index is 420. The fourth-order valence-electron chi connectivity index (χ4n) is 1.53. The van der Waals surface area contributed by atoms with Crippen LogP contribution in [0.2, 0.25) is 0 Å². The molecule has 0 aromatic heterocycles. The maximum Gasteiger partial charge on any atom is 1.00 e. The zero-order chi connectivity index (χ0) is 13.7. The predicted octanol–water partition coefficient (Wildman–Crippen LogP) is -5.19. The van der Waals surface area contributed by atoms with Crippen molar-refractivity contribution in [2.75, 3.05) is 0 Å². The van der Waals surface area contributed by atoms with Crippen molar-refractivity contribution in [1.82, 2.24) is 0 Å². The van der Waals surface area contributed by atoms with Crippen molar-refractivity contribution < 1.29 is 85.1 Å². The molecule has 0 fully saturated rings. The molecule has 0 aromatic carbocycles. The van der Waals surface area contributed by atoms with E-state index in [4.69, 9.17) is 0 Å². The molecule has 0 radical (unpaired) electrons. The van der Waals surface area contributed by atoms with Crippen LogP contribution in [0.15, 0.2) is 0 Å². The van der Waals surface area contributed by atoms with Crippen LogP contribution in [0.25, 0.3) is 0 Å². The van der Waals surface area contributed by atoms with Gasteiger partial charge >= 0.3 is 59.1 Å². The van der Waals surface area contributed by atoms with Gasteiger partial charge in [-0.2, -0.15) is 0 Å². The van der Waals surface area contributed by atoms with Crippen LogP contribution in [0.5, 0.6) is 0 Å². The monoisotopic (exact) mass is 332 g/mol. The summed E-state index contributed by atoms with van der Waals surface area (Å²) in [4.78, 5) is 0. The van der Waals surface area contributed by atoms with Gasteiger partial charge in [-0.3, -0.25) is 0 Å². The molecule has 0 N–H and O–H groups in total. The van der Waals surface area contributed by atoms with Crippen molar-refractivity contribution in [1.29, 1.82) is 0 Å². The first-order valence-corrected chi connectivity index (χ1v) is 8.42. The largest absolute Gasteiger partial charge is 1.00 e. The Kier molecular flexibility index (Phi) is 15.4. The van der Waals surface area contributed by atoms with E-state index in [2.05, 4.69) is 0 Å². The molecule has 0 heterocycles. The van der Waals surface area contributed by atoms with Crippen LogP contribution in [0.1, 0.15) is 46.0 Å². The van der Waals surface area contributed by atoms with Crippen LogP contribution in [0, 0.1) is 0 Å². The molecule has 0 aliphatic heterocycles. The molecule has 0 rings (SSSR count). The molecule has 2 atom stereocenters. The summed E-state index contributed by atoms with van der Waals surface area (Å²) in [6, 6.07) is 0. The van der Waals surface area contributed by atoms with Crippen LogP contribution in [0.3, 0.4) is 0 Å². The topological polar surface area (TPSA) is 114 Å². The fourth-order valence-corrected chi connectivity index (χ4v) is 2.97. The molecule has 0 saturated heterocycles. The molecule has 6 nitrogen and oxygen atoms in total. The molecule has 0 aliphatic carbocycles. The van der Waals surface area contributed by atoms with Gasteiger partial charge in [-0.15, -0.1) is 0 Å². The summed E-state index contributed by atoms with van der Waals surface area (Å²) >= 11 is 0. The van der Waals surface area contributed by atoms with E-state index in [-0.39, 0.29) is 84.8 Å². The summed E-state index contributed by atoms with van der Waals surface area (Å²) in [5.41, 5.74) is 0. The van der Waals surface area contributed by atoms with E-state index in [1.54, 1.807) is 6.92 Å². The molecule has 0 aromatic rings. The Balaban J connectivity index is -0.00000128. The van der Waals surface area contributed by atoms with Crippen molar-refractivity contribution in [2.24, 2.45) is 0 Å². The Hall–Kier alpha value is 1.82. The molecular formula is C9H18Na2O6S2. The van der Waals surface area contributed by atoms with Gasteiger partial charge in [-0.25, -0.2) is 16.8 Å². The van der Waals surface area contributed by atoms with Gasteiger partial charge in [0.15, 0.2) is 0 Å². The van der Waals surface area contributed by atoms with E-state index in [9.17, 15) is 25.9 Å². The number of hydrogen-bond donors (Lipinski definition) is 0. The summed E-state index contributed by atoms with van der Waals surface area (Å²) < 4.78 is 64.4. The molecule has 0 spiro atoms. The molecule has 0 saturated carbocycles. The molecule has 0 bridgehead atoms. The van der Waals surface area contributed by atoms with Crippen LogP contribution >= 0.6 is 0 Å². The van der Waals surface area contributed by atoms with Gasteiger partial charge in [0.1, 0.15) is 0 Å². The summed E-state index contributed by atoms with van der Waals surface area (Å²) in [5, 5.41) is -2.02. The molecule has 104 valence electrons. The molecular weight excluding hydrogens is 314 g/mol. The van der Waals surface area contributed by atoms with E-state index in [0.29, 0.717) is 6.42 Å². The average molecular weight is 332 g/mol. The summed E-state index contributed by atoms with van der Waals surface area (Å²) in [6.45, 7) is 3.05. The summed E-state index contributed by atoms with van der Waals surface area (Å²) in [7, 11) is -8.66. The molecule has 0 amide bonds. The van der Waals surface area contributed by atoms with Crippen molar-refractivity contribution in [3.05, 3.63) is 0 Å².